The zero-order valence-corrected chi connectivity index (χ0v) is 18.1. The van der Waals surface area contributed by atoms with Crippen LogP contribution in [0.15, 0.2) is 4.99 Å². The predicted molar refractivity (Wildman–Crippen MR) is 110 cm³/mol. The number of hydrogen-bond donors (Lipinski definition) is 3. The van der Waals surface area contributed by atoms with Crippen molar-refractivity contribution in [1.82, 2.24) is 10.6 Å². The van der Waals surface area contributed by atoms with E-state index in [0.29, 0.717) is 5.92 Å². The average Bonchev–Trinajstić information content (AvgIpc) is 2.44. The number of aliphatic hydroxyl groups excluding tert-OH is 1. The van der Waals surface area contributed by atoms with Crippen LogP contribution in [0.2, 0.25) is 0 Å². The topological polar surface area (TPSA) is 65.9 Å². The number of hydrogen-bond acceptors (Lipinski definition) is 3. The highest BCUT2D eigenvalue weighted by molar-refractivity contribution is 14.0. The number of halogens is 1. The lowest BCUT2D eigenvalue weighted by Gasteiger charge is -2.30. The van der Waals surface area contributed by atoms with Gasteiger partial charge in [-0.05, 0) is 31.1 Å². The van der Waals surface area contributed by atoms with Crippen LogP contribution >= 0.6 is 24.0 Å². The van der Waals surface area contributed by atoms with Crippen LogP contribution in [-0.2, 0) is 4.74 Å². The summed E-state index contributed by atoms with van der Waals surface area (Å²) in [5.41, 5.74) is 0.0840. The first-order valence-corrected chi connectivity index (χ1v) is 8.54. The Kier molecular flexibility index (Phi) is 15.6. The molecule has 0 aliphatic carbocycles. The molecule has 0 spiro atoms. The van der Waals surface area contributed by atoms with Gasteiger partial charge in [-0.15, -0.1) is 24.0 Å². The van der Waals surface area contributed by atoms with Gasteiger partial charge < -0.3 is 20.5 Å². The van der Waals surface area contributed by atoms with Crippen LogP contribution in [0.1, 0.15) is 53.9 Å². The highest BCUT2D eigenvalue weighted by Crippen LogP contribution is 2.20. The van der Waals surface area contributed by atoms with Crippen molar-refractivity contribution in [3.8, 4) is 0 Å². The summed E-state index contributed by atoms with van der Waals surface area (Å²) in [4.78, 5) is 4.67. The molecule has 3 N–H and O–H groups in total. The standard InChI is InChI=1S/C17H37N3O2.HI/c1-7-9-14(10-11-21)12-19-16(18-8-2)20-13-15(22-6)17(3,4)5;/h14-15,21H,7-13H2,1-6H3,(H2,18,19,20);1H. The molecule has 0 amide bonds. The van der Waals surface area contributed by atoms with Gasteiger partial charge in [0.1, 0.15) is 0 Å². The van der Waals surface area contributed by atoms with Gasteiger partial charge in [0.15, 0.2) is 5.96 Å². The monoisotopic (exact) mass is 443 g/mol. The summed E-state index contributed by atoms with van der Waals surface area (Å²) in [6.45, 7) is 13.3. The number of rotatable bonds is 10. The number of nitrogens with zero attached hydrogens (tertiary/aromatic N) is 1. The Morgan fingerprint density at radius 1 is 1.17 bits per heavy atom. The molecule has 140 valence electrons. The normalized spacial score (nSPS) is 14.8. The molecule has 0 bridgehead atoms. The lowest BCUT2D eigenvalue weighted by atomic mass is 9.89. The Bertz CT molecular complexity index is 301. The van der Waals surface area contributed by atoms with E-state index in [1.807, 2.05) is 0 Å². The van der Waals surface area contributed by atoms with Gasteiger partial charge in [-0.2, -0.15) is 0 Å². The first kappa shape index (κ1) is 25.2. The predicted octanol–water partition coefficient (Wildman–Crippen LogP) is 3.02. The molecule has 0 heterocycles. The highest BCUT2D eigenvalue weighted by atomic mass is 127. The van der Waals surface area contributed by atoms with E-state index in [4.69, 9.17) is 9.84 Å². The van der Waals surface area contributed by atoms with Crippen LogP contribution in [-0.4, -0.2) is 50.5 Å². The third-order valence-electron chi connectivity index (χ3n) is 3.79. The number of aliphatic hydroxyl groups is 1. The third-order valence-corrected chi connectivity index (χ3v) is 3.79. The number of nitrogens with one attached hydrogen (secondary N) is 2. The third kappa shape index (κ3) is 12.0. The lowest BCUT2D eigenvalue weighted by molar-refractivity contribution is 0.0205. The maximum absolute atomic E-state index is 9.13. The second-order valence-corrected chi connectivity index (χ2v) is 6.86. The summed E-state index contributed by atoms with van der Waals surface area (Å²) >= 11 is 0. The average molecular weight is 443 g/mol. The van der Waals surface area contributed by atoms with Crippen molar-refractivity contribution in [1.29, 1.82) is 0 Å². The highest BCUT2D eigenvalue weighted by Gasteiger charge is 2.24. The molecule has 6 heteroatoms. The zero-order valence-electron chi connectivity index (χ0n) is 15.8. The Labute approximate surface area is 160 Å². The van der Waals surface area contributed by atoms with Crippen molar-refractivity contribution in [2.75, 3.05) is 33.4 Å². The van der Waals surface area contributed by atoms with Crippen LogP contribution in [0.5, 0.6) is 0 Å². The Balaban J connectivity index is 0. The number of aliphatic imine (C=N–C) groups is 1. The zero-order chi connectivity index (χ0) is 17.0. The Hall–Kier alpha value is -0.0800. The molecule has 0 saturated carbocycles. The molecule has 0 aromatic carbocycles. The minimum atomic E-state index is 0. The van der Waals surface area contributed by atoms with Crippen LogP contribution in [0.3, 0.4) is 0 Å². The fourth-order valence-corrected chi connectivity index (χ4v) is 2.41. The minimum absolute atomic E-state index is 0. The van der Waals surface area contributed by atoms with Crippen molar-refractivity contribution < 1.29 is 9.84 Å². The molecule has 0 saturated heterocycles. The number of ether oxygens (including phenoxy) is 1. The molecule has 0 fully saturated rings. The number of methoxy groups -OCH3 is 1. The minimum Gasteiger partial charge on any atom is -0.396 e. The van der Waals surface area contributed by atoms with Crippen molar-refractivity contribution in [2.45, 2.75) is 60.0 Å². The fraction of sp³-hybridized carbons (Fsp3) is 0.941. The van der Waals surface area contributed by atoms with Crippen molar-refractivity contribution in [3.63, 3.8) is 0 Å². The van der Waals surface area contributed by atoms with Gasteiger partial charge in [-0.25, -0.2) is 0 Å². The maximum atomic E-state index is 9.13. The van der Waals surface area contributed by atoms with Gasteiger partial charge in [0, 0.05) is 33.4 Å². The lowest BCUT2D eigenvalue weighted by Crippen LogP contribution is -2.45. The summed E-state index contributed by atoms with van der Waals surface area (Å²) in [7, 11) is 1.75. The maximum Gasteiger partial charge on any atom is 0.191 e. The second kappa shape index (κ2) is 14.3. The molecular formula is C17H38IN3O2. The molecule has 2 unspecified atom stereocenters. The van der Waals surface area contributed by atoms with Crippen molar-refractivity contribution >= 4 is 29.9 Å². The van der Waals surface area contributed by atoms with E-state index < -0.39 is 0 Å². The van der Waals surface area contributed by atoms with E-state index >= 15 is 0 Å². The van der Waals surface area contributed by atoms with Gasteiger partial charge in [0.05, 0.1) is 6.10 Å². The largest absolute Gasteiger partial charge is 0.396 e. The second-order valence-electron chi connectivity index (χ2n) is 6.86. The molecule has 0 aliphatic rings. The van der Waals surface area contributed by atoms with E-state index in [1.165, 1.54) is 0 Å². The van der Waals surface area contributed by atoms with Crippen LogP contribution < -0.4 is 10.6 Å². The summed E-state index contributed by atoms with van der Waals surface area (Å²) in [6.07, 6.45) is 3.17. The SMILES string of the molecule is CCCC(CCO)CN=C(NCC)NCC(OC)C(C)(C)C.I. The van der Waals surface area contributed by atoms with Crippen molar-refractivity contribution in [3.05, 3.63) is 0 Å². The van der Waals surface area contributed by atoms with E-state index in [2.05, 4.69) is 50.2 Å². The fourth-order valence-electron chi connectivity index (χ4n) is 2.41. The summed E-state index contributed by atoms with van der Waals surface area (Å²) in [5, 5.41) is 15.8. The van der Waals surface area contributed by atoms with E-state index in [0.717, 1.165) is 44.9 Å². The van der Waals surface area contributed by atoms with Crippen LogP contribution in [0, 0.1) is 11.3 Å². The van der Waals surface area contributed by atoms with Crippen LogP contribution in [0.4, 0.5) is 0 Å². The van der Waals surface area contributed by atoms with Gasteiger partial charge in [-0.1, -0.05) is 34.1 Å². The Morgan fingerprint density at radius 3 is 2.26 bits per heavy atom. The molecule has 0 rings (SSSR count). The van der Waals surface area contributed by atoms with Gasteiger partial charge in [0.25, 0.3) is 0 Å². The summed E-state index contributed by atoms with van der Waals surface area (Å²) in [6, 6.07) is 0. The molecule has 0 aromatic heterocycles. The molecule has 5 nitrogen and oxygen atoms in total. The quantitative estimate of drug-likeness (QED) is 0.276. The van der Waals surface area contributed by atoms with Crippen molar-refractivity contribution in [2.24, 2.45) is 16.3 Å². The molecule has 0 radical (unpaired) electrons. The molecular weight excluding hydrogens is 405 g/mol. The van der Waals surface area contributed by atoms with E-state index in [9.17, 15) is 0 Å². The molecule has 0 aliphatic heterocycles. The van der Waals surface area contributed by atoms with Gasteiger partial charge >= 0.3 is 0 Å². The van der Waals surface area contributed by atoms with Gasteiger partial charge in [0.2, 0.25) is 0 Å². The molecule has 0 aromatic rings. The Morgan fingerprint density at radius 2 is 1.83 bits per heavy atom. The smallest absolute Gasteiger partial charge is 0.191 e. The first-order chi connectivity index (χ1) is 10.4. The first-order valence-electron chi connectivity index (χ1n) is 8.54. The number of guanidine groups is 1. The molecule has 23 heavy (non-hydrogen) atoms. The summed E-state index contributed by atoms with van der Waals surface area (Å²) < 4.78 is 5.57. The van der Waals surface area contributed by atoms with E-state index in [1.54, 1.807) is 7.11 Å². The summed E-state index contributed by atoms with van der Waals surface area (Å²) in [5.74, 6) is 1.28. The van der Waals surface area contributed by atoms with Gasteiger partial charge in [-0.3, -0.25) is 4.99 Å². The van der Waals surface area contributed by atoms with Crippen LogP contribution in [0.25, 0.3) is 0 Å². The molecule has 2 atom stereocenters. The van der Waals surface area contributed by atoms with E-state index in [-0.39, 0.29) is 42.1 Å².